The van der Waals surface area contributed by atoms with Crippen molar-refractivity contribution in [3.05, 3.63) is 57.8 Å². The summed E-state index contributed by atoms with van der Waals surface area (Å²) in [5, 5.41) is 9.68. The molecule has 126 valence electrons. The number of aromatic hydroxyl groups is 1. The molecule has 0 unspecified atom stereocenters. The summed E-state index contributed by atoms with van der Waals surface area (Å²) in [6.07, 6.45) is 0. The maximum Gasteiger partial charge on any atom is 0.276 e. The van der Waals surface area contributed by atoms with E-state index in [1.165, 1.54) is 30.3 Å². The van der Waals surface area contributed by atoms with Crippen LogP contribution in [0.25, 0.3) is 0 Å². The van der Waals surface area contributed by atoms with E-state index < -0.39 is 24.2 Å². The van der Waals surface area contributed by atoms with Gasteiger partial charge in [0, 0.05) is 11.1 Å². The van der Waals surface area contributed by atoms with Crippen molar-refractivity contribution in [3.63, 3.8) is 0 Å². The number of benzene rings is 2. The molecule has 0 saturated heterocycles. The monoisotopic (exact) mass is 372 g/mol. The molecule has 0 aliphatic carbocycles. The van der Waals surface area contributed by atoms with Crippen LogP contribution in [0.4, 0.5) is 4.39 Å². The second-order valence-electron chi connectivity index (χ2n) is 4.53. The van der Waals surface area contributed by atoms with Gasteiger partial charge in [-0.3, -0.25) is 20.4 Å². The van der Waals surface area contributed by atoms with E-state index >= 15 is 0 Å². The highest BCUT2D eigenvalue weighted by atomic mass is 35.5. The van der Waals surface area contributed by atoms with Crippen LogP contribution in [0.15, 0.2) is 36.4 Å². The minimum absolute atomic E-state index is 0.103. The molecule has 0 atom stereocenters. The van der Waals surface area contributed by atoms with Crippen molar-refractivity contribution in [1.82, 2.24) is 10.9 Å². The number of halogens is 3. The molecule has 0 spiro atoms. The van der Waals surface area contributed by atoms with Crippen LogP contribution in [0.2, 0.25) is 10.0 Å². The maximum atomic E-state index is 13.0. The SMILES string of the molecule is O=C(COc1ccc(F)c(Cl)c1)NNC(=O)c1cc(Cl)ccc1O. The van der Waals surface area contributed by atoms with Crippen molar-refractivity contribution in [1.29, 1.82) is 0 Å². The van der Waals surface area contributed by atoms with Crippen LogP contribution in [0.3, 0.4) is 0 Å². The fourth-order valence-corrected chi connectivity index (χ4v) is 1.98. The summed E-state index contributed by atoms with van der Waals surface area (Å²) in [4.78, 5) is 23.4. The lowest BCUT2D eigenvalue weighted by Crippen LogP contribution is -2.43. The lowest BCUT2D eigenvalue weighted by Gasteiger charge is -2.10. The van der Waals surface area contributed by atoms with Crippen molar-refractivity contribution in [2.45, 2.75) is 0 Å². The summed E-state index contributed by atoms with van der Waals surface area (Å²) in [7, 11) is 0. The molecule has 0 aliphatic rings. The average Bonchev–Trinajstić information content (AvgIpc) is 2.56. The number of phenols is 1. The second kappa shape index (κ2) is 7.85. The van der Waals surface area contributed by atoms with Crippen LogP contribution in [0.1, 0.15) is 10.4 Å². The van der Waals surface area contributed by atoms with Gasteiger partial charge in [0.2, 0.25) is 0 Å². The number of rotatable bonds is 4. The molecule has 2 aromatic carbocycles. The predicted octanol–water partition coefficient (Wildman–Crippen LogP) is 2.68. The molecule has 0 heterocycles. The van der Waals surface area contributed by atoms with Gasteiger partial charge in [-0.15, -0.1) is 0 Å². The Balaban J connectivity index is 1.85. The van der Waals surface area contributed by atoms with E-state index in [0.717, 1.165) is 6.07 Å². The molecule has 3 N–H and O–H groups in total. The van der Waals surface area contributed by atoms with Gasteiger partial charge in [0.1, 0.15) is 17.3 Å². The van der Waals surface area contributed by atoms with E-state index in [4.69, 9.17) is 27.9 Å². The normalized spacial score (nSPS) is 10.1. The Labute approximate surface area is 146 Å². The maximum absolute atomic E-state index is 13.0. The van der Waals surface area contributed by atoms with Crippen molar-refractivity contribution in [2.75, 3.05) is 6.61 Å². The van der Waals surface area contributed by atoms with Crippen LogP contribution >= 0.6 is 23.2 Å². The first-order valence-corrected chi connectivity index (χ1v) is 7.28. The van der Waals surface area contributed by atoms with Crippen LogP contribution in [0.5, 0.6) is 11.5 Å². The summed E-state index contributed by atoms with van der Waals surface area (Å²) in [6, 6.07) is 7.52. The summed E-state index contributed by atoms with van der Waals surface area (Å²) in [5.41, 5.74) is 4.10. The first kappa shape index (κ1) is 17.8. The van der Waals surface area contributed by atoms with Crippen molar-refractivity contribution >= 4 is 35.0 Å². The first-order chi connectivity index (χ1) is 11.4. The number of hydrazine groups is 1. The zero-order valence-corrected chi connectivity index (χ0v) is 13.5. The van der Waals surface area contributed by atoms with E-state index in [-0.39, 0.29) is 27.1 Å². The van der Waals surface area contributed by atoms with Crippen LogP contribution in [-0.4, -0.2) is 23.5 Å². The molecule has 0 fully saturated rings. The molecule has 24 heavy (non-hydrogen) atoms. The Morgan fingerprint density at radius 3 is 2.58 bits per heavy atom. The highest BCUT2D eigenvalue weighted by Gasteiger charge is 2.13. The fourth-order valence-electron chi connectivity index (χ4n) is 1.64. The smallest absolute Gasteiger partial charge is 0.276 e. The molecular weight excluding hydrogens is 362 g/mol. The second-order valence-corrected chi connectivity index (χ2v) is 5.37. The van der Waals surface area contributed by atoms with E-state index in [1.807, 2.05) is 0 Å². The van der Waals surface area contributed by atoms with Gasteiger partial charge in [-0.25, -0.2) is 4.39 Å². The summed E-state index contributed by atoms with van der Waals surface area (Å²) >= 11 is 11.3. The third-order valence-corrected chi connectivity index (χ3v) is 3.30. The highest BCUT2D eigenvalue weighted by Crippen LogP contribution is 2.21. The van der Waals surface area contributed by atoms with Crippen LogP contribution < -0.4 is 15.6 Å². The lowest BCUT2D eigenvalue weighted by molar-refractivity contribution is -0.123. The molecule has 0 aromatic heterocycles. The van der Waals surface area contributed by atoms with E-state index in [9.17, 15) is 19.1 Å². The van der Waals surface area contributed by atoms with Gasteiger partial charge in [-0.1, -0.05) is 23.2 Å². The highest BCUT2D eigenvalue weighted by molar-refractivity contribution is 6.31. The Morgan fingerprint density at radius 1 is 1.12 bits per heavy atom. The van der Waals surface area contributed by atoms with Gasteiger partial charge < -0.3 is 9.84 Å². The minimum atomic E-state index is -0.756. The molecule has 0 saturated carbocycles. The topological polar surface area (TPSA) is 87.7 Å². The van der Waals surface area contributed by atoms with Gasteiger partial charge in [0.25, 0.3) is 11.8 Å². The summed E-state index contributed by atoms with van der Waals surface area (Å²) < 4.78 is 18.1. The Bertz CT molecular complexity index is 786. The number of nitrogens with one attached hydrogen (secondary N) is 2. The Kier molecular flexibility index (Phi) is 5.83. The molecule has 6 nitrogen and oxygen atoms in total. The van der Waals surface area contributed by atoms with E-state index in [2.05, 4.69) is 10.9 Å². The molecule has 9 heteroatoms. The molecular formula is C15H11Cl2FN2O4. The Hall–Kier alpha value is -2.51. The zero-order valence-electron chi connectivity index (χ0n) is 12.0. The number of carbonyl (C=O) groups is 2. The summed E-state index contributed by atoms with van der Waals surface area (Å²) in [5.74, 6) is -2.14. The van der Waals surface area contributed by atoms with Crippen molar-refractivity contribution < 1.29 is 23.8 Å². The minimum Gasteiger partial charge on any atom is -0.507 e. The quantitative estimate of drug-likeness (QED) is 0.720. The predicted molar refractivity (Wildman–Crippen MR) is 85.6 cm³/mol. The van der Waals surface area contributed by atoms with E-state index in [1.54, 1.807) is 0 Å². The third-order valence-electron chi connectivity index (χ3n) is 2.78. The van der Waals surface area contributed by atoms with Crippen LogP contribution in [0, 0.1) is 5.82 Å². The largest absolute Gasteiger partial charge is 0.507 e. The van der Waals surface area contributed by atoms with Gasteiger partial charge in [-0.05, 0) is 30.3 Å². The zero-order chi connectivity index (χ0) is 17.7. The average molecular weight is 373 g/mol. The standard InChI is InChI=1S/C15H11Cl2FN2O4/c16-8-1-4-13(21)10(5-8)15(23)20-19-14(22)7-24-9-2-3-12(18)11(17)6-9/h1-6,21H,7H2,(H,19,22)(H,20,23). The summed E-state index contributed by atoms with van der Waals surface area (Å²) in [6.45, 7) is -0.441. The third kappa shape index (κ3) is 4.74. The number of hydrogen-bond donors (Lipinski definition) is 3. The van der Waals surface area contributed by atoms with Gasteiger partial charge in [0.15, 0.2) is 6.61 Å². The number of ether oxygens (including phenoxy) is 1. The van der Waals surface area contributed by atoms with Gasteiger partial charge in [-0.2, -0.15) is 0 Å². The molecule has 2 aromatic rings. The molecule has 0 aliphatic heterocycles. The Morgan fingerprint density at radius 2 is 1.88 bits per heavy atom. The van der Waals surface area contributed by atoms with Crippen molar-refractivity contribution in [3.8, 4) is 11.5 Å². The van der Waals surface area contributed by atoms with Gasteiger partial charge >= 0.3 is 0 Å². The molecule has 0 bridgehead atoms. The number of amides is 2. The fraction of sp³-hybridized carbons (Fsp3) is 0.0667. The van der Waals surface area contributed by atoms with Crippen LogP contribution in [-0.2, 0) is 4.79 Å². The first-order valence-electron chi connectivity index (χ1n) is 6.52. The van der Waals surface area contributed by atoms with E-state index in [0.29, 0.717) is 0 Å². The lowest BCUT2D eigenvalue weighted by atomic mass is 10.2. The number of hydrogen-bond acceptors (Lipinski definition) is 4. The van der Waals surface area contributed by atoms with Gasteiger partial charge in [0.05, 0.1) is 10.6 Å². The number of phenolic OH excluding ortho intramolecular Hbond substituents is 1. The molecule has 0 radical (unpaired) electrons. The molecule has 2 amide bonds. The number of carbonyl (C=O) groups excluding carboxylic acids is 2. The van der Waals surface area contributed by atoms with Crippen molar-refractivity contribution in [2.24, 2.45) is 0 Å². The molecule has 2 rings (SSSR count).